The summed E-state index contributed by atoms with van der Waals surface area (Å²) in [5.74, 6) is -0.0905. The van der Waals surface area contributed by atoms with E-state index in [2.05, 4.69) is 22.4 Å². The molecule has 112 valence electrons. The third-order valence-electron chi connectivity index (χ3n) is 3.11. The molecule has 2 aromatic rings. The molecule has 0 aliphatic rings. The second kappa shape index (κ2) is 7.59. The zero-order chi connectivity index (χ0) is 15.1. The number of carbonyl (C=O) groups excluding carboxylic acids is 1. The summed E-state index contributed by atoms with van der Waals surface area (Å²) in [6.07, 6.45) is 4.53. The third kappa shape index (κ3) is 4.43. The van der Waals surface area contributed by atoms with E-state index in [4.69, 9.17) is 4.74 Å². The van der Waals surface area contributed by atoms with Gasteiger partial charge in [0.1, 0.15) is 0 Å². The SMILES string of the molecule is CCCOC(C)CNC(=O)c1cccc(-c2cn[nH]c2)c1. The molecule has 0 fully saturated rings. The molecule has 1 unspecified atom stereocenters. The van der Waals surface area contributed by atoms with Crippen LogP contribution in [0.2, 0.25) is 0 Å². The van der Waals surface area contributed by atoms with Gasteiger partial charge in [0.15, 0.2) is 0 Å². The maximum Gasteiger partial charge on any atom is 0.251 e. The van der Waals surface area contributed by atoms with Crippen LogP contribution in [0.1, 0.15) is 30.6 Å². The predicted molar refractivity (Wildman–Crippen MR) is 82.1 cm³/mol. The molecule has 1 aromatic carbocycles. The number of H-pyrrole nitrogens is 1. The molecular weight excluding hydrogens is 266 g/mol. The van der Waals surface area contributed by atoms with Crippen molar-refractivity contribution in [2.45, 2.75) is 26.4 Å². The molecule has 2 N–H and O–H groups in total. The van der Waals surface area contributed by atoms with Crippen molar-refractivity contribution in [3.8, 4) is 11.1 Å². The van der Waals surface area contributed by atoms with Crippen molar-refractivity contribution in [2.24, 2.45) is 0 Å². The molecule has 1 aromatic heterocycles. The fraction of sp³-hybridized carbons (Fsp3) is 0.375. The molecule has 21 heavy (non-hydrogen) atoms. The Kier molecular flexibility index (Phi) is 5.51. The van der Waals surface area contributed by atoms with Crippen molar-refractivity contribution in [3.63, 3.8) is 0 Å². The Labute approximate surface area is 124 Å². The second-order valence-electron chi connectivity index (χ2n) is 4.96. The summed E-state index contributed by atoms with van der Waals surface area (Å²) in [7, 11) is 0. The van der Waals surface area contributed by atoms with Gasteiger partial charge in [-0.15, -0.1) is 0 Å². The van der Waals surface area contributed by atoms with Crippen LogP contribution in [0.5, 0.6) is 0 Å². The zero-order valence-electron chi connectivity index (χ0n) is 12.4. The van der Waals surface area contributed by atoms with Gasteiger partial charge in [-0.1, -0.05) is 19.1 Å². The quantitative estimate of drug-likeness (QED) is 0.822. The van der Waals surface area contributed by atoms with Gasteiger partial charge < -0.3 is 10.1 Å². The molecule has 0 saturated carbocycles. The highest BCUT2D eigenvalue weighted by molar-refractivity contribution is 5.95. The van der Waals surface area contributed by atoms with E-state index in [1.165, 1.54) is 0 Å². The van der Waals surface area contributed by atoms with Gasteiger partial charge in [0.25, 0.3) is 5.91 Å². The van der Waals surface area contributed by atoms with E-state index in [0.29, 0.717) is 18.7 Å². The number of rotatable bonds is 7. The second-order valence-corrected chi connectivity index (χ2v) is 4.96. The van der Waals surface area contributed by atoms with Crippen LogP contribution in [0, 0.1) is 0 Å². The molecule has 5 heteroatoms. The van der Waals surface area contributed by atoms with Gasteiger partial charge in [0.05, 0.1) is 12.3 Å². The number of hydrogen-bond donors (Lipinski definition) is 2. The minimum Gasteiger partial charge on any atom is -0.377 e. The van der Waals surface area contributed by atoms with Crippen LogP contribution >= 0.6 is 0 Å². The molecule has 2 rings (SSSR count). The minimum absolute atomic E-state index is 0.0194. The number of ether oxygens (including phenoxy) is 1. The van der Waals surface area contributed by atoms with Crippen LogP contribution in [-0.4, -0.2) is 35.4 Å². The van der Waals surface area contributed by atoms with Crippen molar-refractivity contribution in [1.29, 1.82) is 0 Å². The summed E-state index contributed by atoms with van der Waals surface area (Å²) in [5.41, 5.74) is 2.56. The fourth-order valence-electron chi connectivity index (χ4n) is 1.97. The zero-order valence-corrected chi connectivity index (χ0v) is 12.4. The molecule has 1 amide bonds. The number of nitrogens with one attached hydrogen (secondary N) is 2. The maximum absolute atomic E-state index is 12.2. The average molecular weight is 287 g/mol. The summed E-state index contributed by atoms with van der Waals surface area (Å²) in [5, 5.41) is 9.58. The first-order chi connectivity index (χ1) is 10.2. The first-order valence-corrected chi connectivity index (χ1v) is 7.19. The highest BCUT2D eigenvalue weighted by Crippen LogP contribution is 2.18. The normalized spacial score (nSPS) is 12.1. The largest absolute Gasteiger partial charge is 0.377 e. The van der Waals surface area contributed by atoms with E-state index >= 15 is 0 Å². The lowest BCUT2D eigenvalue weighted by Crippen LogP contribution is -2.32. The highest BCUT2D eigenvalue weighted by Gasteiger charge is 2.09. The molecule has 0 aliphatic heterocycles. The minimum atomic E-state index is -0.0905. The lowest BCUT2D eigenvalue weighted by molar-refractivity contribution is 0.0622. The summed E-state index contributed by atoms with van der Waals surface area (Å²) < 4.78 is 5.53. The summed E-state index contributed by atoms with van der Waals surface area (Å²) in [6.45, 7) is 5.24. The molecule has 0 aliphatic carbocycles. The van der Waals surface area contributed by atoms with Crippen LogP contribution in [0.4, 0.5) is 0 Å². The highest BCUT2D eigenvalue weighted by atomic mass is 16.5. The summed E-state index contributed by atoms with van der Waals surface area (Å²) in [4.78, 5) is 12.2. The van der Waals surface area contributed by atoms with Crippen LogP contribution in [0.3, 0.4) is 0 Å². The van der Waals surface area contributed by atoms with E-state index in [0.717, 1.165) is 17.5 Å². The Morgan fingerprint density at radius 2 is 2.29 bits per heavy atom. The molecule has 1 heterocycles. The number of nitrogens with zero attached hydrogens (tertiary/aromatic N) is 1. The molecule has 0 saturated heterocycles. The van der Waals surface area contributed by atoms with E-state index < -0.39 is 0 Å². The van der Waals surface area contributed by atoms with E-state index in [9.17, 15) is 4.79 Å². The van der Waals surface area contributed by atoms with Gasteiger partial charge in [-0.3, -0.25) is 9.89 Å². The number of hydrogen-bond acceptors (Lipinski definition) is 3. The van der Waals surface area contributed by atoms with Gasteiger partial charge in [-0.2, -0.15) is 5.10 Å². The first kappa shape index (κ1) is 15.3. The number of amides is 1. The molecule has 0 radical (unpaired) electrons. The molecule has 5 nitrogen and oxygen atoms in total. The smallest absolute Gasteiger partial charge is 0.251 e. The van der Waals surface area contributed by atoms with Crippen molar-refractivity contribution >= 4 is 5.91 Å². The Hall–Kier alpha value is -2.14. The lowest BCUT2D eigenvalue weighted by Gasteiger charge is -2.13. The van der Waals surface area contributed by atoms with Crippen molar-refractivity contribution in [1.82, 2.24) is 15.5 Å². The number of benzene rings is 1. The predicted octanol–water partition coefficient (Wildman–Crippen LogP) is 2.62. The first-order valence-electron chi connectivity index (χ1n) is 7.19. The van der Waals surface area contributed by atoms with Gasteiger partial charge in [0.2, 0.25) is 0 Å². The number of aromatic amines is 1. The van der Waals surface area contributed by atoms with Crippen molar-refractivity contribution < 1.29 is 9.53 Å². The molecule has 0 spiro atoms. The summed E-state index contributed by atoms with van der Waals surface area (Å²) in [6, 6.07) is 7.48. The van der Waals surface area contributed by atoms with E-state index in [-0.39, 0.29) is 12.0 Å². The van der Waals surface area contributed by atoms with Crippen molar-refractivity contribution in [2.75, 3.05) is 13.2 Å². The van der Waals surface area contributed by atoms with Gasteiger partial charge >= 0.3 is 0 Å². The lowest BCUT2D eigenvalue weighted by atomic mass is 10.1. The van der Waals surface area contributed by atoms with E-state index in [1.807, 2.05) is 25.1 Å². The molecule has 0 bridgehead atoms. The van der Waals surface area contributed by atoms with Crippen LogP contribution < -0.4 is 5.32 Å². The standard InChI is InChI=1S/C16H21N3O2/c1-3-7-21-12(2)9-17-16(20)14-6-4-5-13(8-14)15-10-18-19-11-15/h4-6,8,10-12H,3,7,9H2,1-2H3,(H,17,20)(H,18,19). The Balaban J connectivity index is 1.95. The summed E-state index contributed by atoms with van der Waals surface area (Å²) >= 11 is 0. The monoisotopic (exact) mass is 287 g/mol. The Morgan fingerprint density at radius 3 is 3.00 bits per heavy atom. The number of aromatic nitrogens is 2. The Morgan fingerprint density at radius 1 is 1.43 bits per heavy atom. The molecular formula is C16H21N3O2. The van der Waals surface area contributed by atoms with Crippen LogP contribution in [0.15, 0.2) is 36.7 Å². The van der Waals surface area contributed by atoms with E-state index in [1.54, 1.807) is 18.5 Å². The maximum atomic E-state index is 12.2. The fourth-order valence-corrected chi connectivity index (χ4v) is 1.97. The van der Waals surface area contributed by atoms with Gasteiger partial charge in [-0.25, -0.2) is 0 Å². The third-order valence-corrected chi connectivity index (χ3v) is 3.11. The van der Waals surface area contributed by atoms with Gasteiger partial charge in [0, 0.05) is 30.5 Å². The number of carbonyl (C=O) groups is 1. The molecule has 1 atom stereocenters. The van der Waals surface area contributed by atoms with Crippen molar-refractivity contribution in [3.05, 3.63) is 42.2 Å². The Bertz CT molecular complexity index is 567. The van der Waals surface area contributed by atoms with Crippen LogP contribution in [0.25, 0.3) is 11.1 Å². The van der Waals surface area contributed by atoms with Crippen LogP contribution in [-0.2, 0) is 4.74 Å². The average Bonchev–Trinajstić information content (AvgIpc) is 3.05. The van der Waals surface area contributed by atoms with Gasteiger partial charge in [-0.05, 0) is 31.0 Å². The topological polar surface area (TPSA) is 67.0 Å².